The topological polar surface area (TPSA) is 0 Å². The fourth-order valence-electron chi connectivity index (χ4n) is 4.62. The van der Waals surface area contributed by atoms with Crippen LogP contribution in [0.5, 0.6) is 0 Å². The van der Waals surface area contributed by atoms with Gasteiger partial charge in [-0.3, -0.25) is 6.08 Å². The van der Waals surface area contributed by atoms with E-state index >= 15 is 0 Å². The summed E-state index contributed by atoms with van der Waals surface area (Å²) in [6, 6.07) is 18.1. The van der Waals surface area contributed by atoms with Gasteiger partial charge in [0.25, 0.3) is 0 Å². The van der Waals surface area contributed by atoms with E-state index < -0.39 is 8.07 Å². The first-order valence-corrected chi connectivity index (χ1v) is 16.5. The van der Waals surface area contributed by atoms with E-state index in [1.54, 1.807) is 32.6 Å². The Morgan fingerprint density at radius 2 is 1.61 bits per heavy atom. The molecule has 1 unspecified atom stereocenters. The molecule has 1 fully saturated rings. The molecule has 0 aromatic heterocycles. The van der Waals surface area contributed by atoms with Crippen molar-refractivity contribution in [1.82, 2.24) is 0 Å². The average molecular weight is 504 g/mol. The monoisotopic (exact) mass is 502 g/mol. The van der Waals surface area contributed by atoms with Gasteiger partial charge in [-0.05, 0) is 14.5 Å². The molecule has 0 bridgehead atoms. The van der Waals surface area contributed by atoms with Crippen LogP contribution in [0.15, 0.2) is 59.3 Å². The van der Waals surface area contributed by atoms with Gasteiger partial charge in [-0.2, -0.15) is 35.9 Å². The average Bonchev–Trinajstić information content (AvgIpc) is 3.28. The first-order chi connectivity index (χ1) is 14.8. The first-order valence-electron chi connectivity index (χ1n) is 11.7. The molecule has 2 aromatic carbocycles. The molecule has 1 atom stereocenters. The van der Waals surface area contributed by atoms with E-state index in [1.165, 1.54) is 59.9 Å². The van der Waals surface area contributed by atoms with E-state index in [0.717, 1.165) is 6.42 Å². The largest absolute Gasteiger partial charge is 0.179 e. The second kappa shape index (κ2) is 11.2. The summed E-state index contributed by atoms with van der Waals surface area (Å²) < 4.78 is 1.80. The molecule has 0 N–H and O–H groups in total. The van der Waals surface area contributed by atoms with E-state index in [9.17, 15) is 0 Å². The molecule has 3 aliphatic carbocycles. The minimum atomic E-state index is -1.07. The fourth-order valence-corrected chi connectivity index (χ4v) is 7.44. The van der Waals surface area contributed by atoms with Crippen LogP contribution in [-0.4, -0.2) is 11.3 Å². The Kier molecular flexibility index (Phi) is 8.82. The predicted molar refractivity (Wildman–Crippen MR) is 135 cm³/mol. The standard InChI is InChI=1S/C13H9.C10H17Si.C6H10.Zr/c1-3-7-12-10(5-1)9-11-6-2-4-8-13(11)12;1-8-6-9(2)10(7-8)11(3,4)5;1-2-4-6-5-3-1;/h1-5,7-8H,9H2;7-8H,1-5H3;1-5H2;/q2*-1;;+2. The summed E-state index contributed by atoms with van der Waals surface area (Å²) in [5, 5.41) is 1.60. The Morgan fingerprint density at radius 3 is 2.16 bits per heavy atom. The van der Waals surface area contributed by atoms with Gasteiger partial charge in [-0.15, -0.1) is 5.56 Å². The molecular weight excluding hydrogens is 468 g/mol. The Labute approximate surface area is 206 Å². The number of fused-ring (bicyclic) bond motifs is 3. The van der Waals surface area contributed by atoms with Crippen molar-refractivity contribution in [3.8, 4) is 11.1 Å². The van der Waals surface area contributed by atoms with Crippen LogP contribution in [0.1, 0.15) is 57.1 Å². The van der Waals surface area contributed by atoms with Crippen LogP contribution in [0.25, 0.3) is 11.1 Å². The molecule has 2 aromatic rings. The van der Waals surface area contributed by atoms with Crippen molar-refractivity contribution in [2.24, 2.45) is 5.92 Å². The fraction of sp³-hybridized carbons (Fsp3) is 0.414. The molecule has 31 heavy (non-hydrogen) atoms. The molecule has 0 aliphatic heterocycles. The normalized spacial score (nSPS) is 19.2. The Hall–Kier alpha value is -1.11. The minimum Gasteiger partial charge on any atom is -0.179 e. The van der Waals surface area contributed by atoms with E-state index in [1.807, 2.05) is 6.07 Å². The van der Waals surface area contributed by atoms with Gasteiger partial charge in [-0.25, -0.2) is 10.8 Å². The van der Waals surface area contributed by atoms with Gasteiger partial charge in [0.15, 0.2) is 0 Å². The maximum atomic E-state index is 3.43. The molecule has 1 saturated carbocycles. The van der Waals surface area contributed by atoms with Crippen LogP contribution >= 0.6 is 0 Å². The molecule has 3 aliphatic rings. The quantitative estimate of drug-likeness (QED) is 0.234. The van der Waals surface area contributed by atoms with Crippen molar-refractivity contribution >= 4 is 11.3 Å². The molecule has 160 valence electrons. The van der Waals surface area contributed by atoms with Crippen LogP contribution in [0.3, 0.4) is 0 Å². The summed E-state index contributed by atoms with van der Waals surface area (Å²) in [5.74, 6) is 0.553. The summed E-state index contributed by atoms with van der Waals surface area (Å²) in [6.07, 6.45) is 14.2. The third kappa shape index (κ3) is 6.93. The third-order valence-electron chi connectivity index (χ3n) is 6.15. The SMILES string of the molecule is CC1=[C-]C(C)C=C1[Si](C)(C)C.[Zr+2]=[C]1CCCCC1.[c-]1cccc2c1Cc1ccccc1-2. The van der Waals surface area contributed by atoms with Gasteiger partial charge in [-0.1, -0.05) is 74.8 Å². The van der Waals surface area contributed by atoms with E-state index in [2.05, 4.69) is 88.1 Å². The summed E-state index contributed by atoms with van der Waals surface area (Å²) in [6.45, 7) is 11.6. The van der Waals surface area contributed by atoms with E-state index in [0.29, 0.717) is 5.92 Å². The molecule has 2 heteroatoms. The number of hydrogen-bond acceptors (Lipinski definition) is 0. The Bertz CT molecular complexity index is 923. The van der Waals surface area contributed by atoms with Crippen molar-refractivity contribution in [2.75, 3.05) is 0 Å². The van der Waals surface area contributed by atoms with Gasteiger partial charge in [0.1, 0.15) is 0 Å². The number of benzene rings is 2. The molecule has 0 radical (unpaired) electrons. The van der Waals surface area contributed by atoms with Gasteiger partial charge < -0.3 is 0 Å². The van der Waals surface area contributed by atoms with Crippen molar-refractivity contribution in [1.29, 1.82) is 0 Å². The smallest absolute Gasteiger partial charge is 0.0253 e. The van der Waals surface area contributed by atoms with Crippen LogP contribution in [0.2, 0.25) is 19.6 Å². The van der Waals surface area contributed by atoms with Crippen LogP contribution < -0.4 is 0 Å². The summed E-state index contributed by atoms with van der Waals surface area (Å²) in [5.41, 5.74) is 6.91. The summed E-state index contributed by atoms with van der Waals surface area (Å²) in [7, 11) is -1.07. The van der Waals surface area contributed by atoms with Gasteiger partial charge in [0.05, 0.1) is 0 Å². The van der Waals surface area contributed by atoms with Crippen molar-refractivity contribution in [2.45, 2.75) is 72.0 Å². The zero-order valence-electron chi connectivity index (χ0n) is 19.9. The van der Waals surface area contributed by atoms with Crippen LogP contribution in [0, 0.1) is 18.1 Å². The molecule has 0 amide bonds. The maximum Gasteiger partial charge on any atom is -0.0253 e. The maximum absolute atomic E-state index is 3.43. The third-order valence-corrected chi connectivity index (χ3v) is 9.53. The molecule has 0 saturated heterocycles. The van der Waals surface area contributed by atoms with Gasteiger partial charge >= 0.3 is 59.5 Å². The van der Waals surface area contributed by atoms with Crippen LogP contribution in [0.4, 0.5) is 0 Å². The summed E-state index contributed by atoms with van der Waals surface area (Å²) in [4.78, 5) is 0. The Morgan fingerprint density at radius 1 is 0.935 bits per heavy atom. The molecule has 0 nitrogen and oxygen atoms in total. The number of allylic oxidation sites excluding steroid dienone is 4. The van der Waals surface area contributed by atoms with E-state index in [-0.39, 0.29) is 0 Å². The number of hydrogen-bond donors (Lipinski definition) is 0. The summed E-state index contributed by atoms with van der Waals surface area (Å²) >= 11 is 1.69. The predicted octanol–water partition coefficient (Wildman–Crippen LogP) is 7.92. The molecule has 5 rings (SSSR count). The van der Waals surface area contributed by atoms with Crippen molar-refractivity contribution in [3.05, 3.63) is 82.6 Å². The molecule has 0 heterocycles. The second-order valence-electron chi connectivity index (χ2n) is 9.95. The minimum absolute atomic E-state index is 0.553. The Balaban J connectivity index is 0.000000138. The first kappa shape index (κ1) is 24.5. The zero-order valence-corrected chi connectivity index (χ0v) is 23.4. The molecule has 0 spiro atoms. The van der Waals surface area contributed by atoms with E-state index in [4.69, 9.17) is 0 Å². The van der Waals surface area contributed by atoms with Crippen LogP contribution in [-0.2, 0) is 30.7 Å². The van der Waals surface area contributed by atoms with Crippen molar-refractivity contribution in [3.63, 3.8) is 0 Å². The second-order valence-corrected chi connectivity index (χ2v) is 16.7. The van der Waals surface area contributed by atoms with Gasteiger partial charge in [0.2, 0.25) is 0 Å². The van der Waals surface area contributed by atoms with Gasteiger partial charge in [0, 0.05) is 0 Å². The molecular formula is C29H36SiZr. The van der Waals surface area contributed by atoms with Crippen molar-refractivity contribution < 1.29 is 24.2 Å². The number of rotatable bonds is 1. The zero-order chi connectivity index (χ0) is 22.4.